The summed E-state index contributed by atoms with van der Waals surface area (Å²) >= 11 is 0. The highest BCUT2D eigenvalue weighted by Gasteiger charge is 2.18. The van der Waals surface area contributed by atoms with Gasteiger partial charge in [-0.15, -0.1) is 0 Å². The first-order valence-electron chi connectivity index (χ1n) is 8.98. The number of para-hydroxylation sites is 1. The smallest absolute Gasteiger partial charge is 0.262 e. The van der Waals surface area contributed by atoms with Gasteiger partial charge in [0.2, 0.25) is 5.91 Å². The Labute approximate surface area is 161 Å². The number of hydrogen-bond donors (Lipinski definition) is 1. The van der Waals surface area contributed by atoms with Gasteiger partial charge < -0.3 is 15.0 Å². The molecule has 144 valence electrons. The van der Waals surface area contributed by atoms with E-state index in [-0.39, 0.29) is 23.8 Å². The Kier molecular flexibility index (Phi) is 6.61. The van der Waals surface area contributed by atoms with E-state index >= 15 is 0 Å². The number of rotatable bonds is 6. The summed E-state index contributed by atoms with van der Waals surface area (Å²) in [5.41, 5.74) is 2.58. The van der Waals surface area contributed by atoms with Crippen LogP contribution >= 0.6 is 0 Å². The Balaban J connectivity index is 1.92. The zero-order valence-electron chi connectivity index (χ0n) is 16.7. The van der Waals surface area contributed by atoms with Gasteiger partial charge in [-0.3, -0.25) is 9.59 Å². The second-order valence-corrected chi connectivity index (χ2v) is 7.74. The summed E-state index contributed by atoms with van der Waals surface area (Å²) in [4.78, 5) is 25.5. The molecule has 0 aliphatic heterocycles. The van der Waals surface area contributed by atoms with Crippen molar-refractivity contribution in [3.63, 3.8) is 0 Å². The molecule has 27 heavy (non-hydrogen) atoms. The highest BCUT2D eigenvalue weighted by molar-refractivity contribution is 5.92. The third-order valence-electron chi connectivity index (χ3n) is 4.15. The Morgan fingerprint density at radius 3 is 2.22 bits per heavy atom. The van der Waals surface area contributed by atoms with Gasteiger partial charge in [0.25, 0.3) is 5.91 Å². The maximum absolute atomic E-state index is 12.2. The fraction of sp³-hybridized carbons (Fsp3) is 0.364. The maximum Gasteiger partial charge on any atom is 0.262 e. The second-order valence-electron chi connectivity index (χ2n) is 7.74. The third-order valence-corrected chi connectivity index (χ3v) is 4.15. The van der Waals surface area contributed by atoms with Gasteiger partial charge in [0.1, 0.15) is 5.75 Å². The molecule has 5 nitrogen and oxygen atoms in total. The number of carbonyl (C=O) groups is 2. The van der Waals surface area contributed by atoms with Crippen LogP contribution in [-0.2, 0) is 21.4 Å². The molecule has 0 aliphatic rings. The molecule has 2 aromatic carbocycles. The van der Waals surface area contributed by atoms with E-state index in [4.69, 9.17) is 4.74 Å². The zero-order chi connectivity index (χ0) is 20.0. The molecule has 0 aliphatic carbocycles. The average Bonchev–Trinajstić information content (AvgIpc) is 2.61. The van der Waals surface area contributed by atoms with Crippen molar-refractivity contribution in [3.05, 3.63) is 59.7 Å². The molecule has 2 amide bonds. The van der Waals surface area contributed by atoms with Crippen molar-refractivity contribution >= 4 is 17.5 Å². The molecule has 0 saturated heterocycles. The number of likely N-dealkylation sites (N-methyl/N-ethyl adjacent to an activating group) is 1. The summed E-state index contributed by atoms with van der Waals surface area (Å²) in [7, 11) is 3.46. The van der Waals surface area contributed by atoms with Crippen molar-refractivity contribution in [1.82, 2.24) is 4.90 Å². The van der Waals surface area contributed by atoms with Crippen LogP contribution in [0.15, 0.2) is 48.5 Å². The lowest BCUT2D eigenvalue weighted by molar-refractivity contribution is -0.128. The minimum absolute atomic E-state index is 0.0395. The van der Waals surface area contributed by atoms with Crippen LogP contribution in [-0.4, -0.2) is 37.4 Å². The SMILES string of the molecule is CN(C)C(=O)Cc1ccc(NC(=O)COc2ccccc2C(C)(C)C)cc1. The van der Waals surface area contributed by atoms with Gasteiger partial charge in [0.05, 0.1) is 6.42 Å². The second kappa shape index (κ2) is 8.71. The topological polar surface area (TPSA) is 58.6 Å². The summed E-state index contributed by atoms with van der Waals surface area (Å²) in [5, 5.41) is 2.81. The normalized spacial score (nSPS) is 11.0. The van der Waals surface area contributed by atoms with E-state index in [2.05, 4.69) is 26.1 Å². The van der Waals surface area contributed by atoms with Crippen molar-refractivity contribution in [2.75, 3.05) is 26.0 Å². The number of anilines is 1. The van der Waals surface area contributed by atoms with Crippen LogP contribution in [0.5, 0.6) is 5.75 Å². The number of nitrogens with one attached hydrogen (secondary N) is 1. The molecule has 0 fully saturated rings. The number of hydrogen-bond acceptors (Lipinski definition) is 3. The molecule has 0 atom stereocenters. The van der Waals surface area contributed by atoms with Crippen molar-refractivity contribution in [1.29, 1.82) is 0 Å². The van der Waals surface area contributed by atoms with Crippen molar-refractivity contribution < 1.29 is 14.3 Å². The fourth-order valence-electron chi connectivity index (χ4n) is 2.59. The Bertz CT molecular complexity index is 790. The Morgan fingerprint density at radius 1 is 1.00 bits per heavy atom. The molecule has 0 heterocycles. The quantitative estimate of drug-likeness (QED) is 0.847. The summed E-state index contributed by atoms with van der Waals surface area (Å²) in [6.45, 7) is 6.27. The van der Waals surface area contributed by atoms with Gasteiger partial charge in [-0.1, -0.05) is 51.1 Å². The van der Waals surface area contributed by atoms with E-state index in [0.717, 1.165) is 16.9 Å². The van der Waals surface area contributed by atoms with Crippen molar-refractivity contribution in [3.8, 4) is 5.75 Å². The molecular weight excluding hydrogens is 340 g/mol. The first-order chi connectivity index (χ1) is 12.7. The largest absolute Gasteiger partial charge is 0.483 e. The van der Waals surface area contributed by atoms with Crippen LogP contribution in [0.25, 0.3) is 0 Å². The summed E-state index contributed by atoms with van der Waals surface area (Å²) < 4.78 is 5.74. The summed E-state index contributed by atoms with van der Waals surface area (Å²) in [5.74, 6) is 0.534. The Morgan fingerprint density at radius 2 is 1.63 bits per heavy atom. The van der Waals surface area contributed by atoms with Crippen LogP contribution in [0, 0.1) is 0 Å². The van der Waals surface area contributed by atoms with Crippen LogP contribution in [0.2, 0.25) is 0 Å². The van der Waals surface area contributed by atoms with Gasteiger partial charge in [0, 0.05) is 19.8 Å². The number of benzene rings is 2. The fourth-order valence-corrected chi connectivity index (χ4v) is 2.59. The van der Waals surface area contributed by atoms with Gasteiger partial charge in [-0.2, -0.15) is 0 Å². The molecule has 1 N–H and O–H groups in total. The minimum atomic E-state index is -0.226. The first-order valence-corrected chi connectivity index (χ1v) is 8.98. The van der Waals surface area contributed by atoms with Crippen LogP contribution in [0.3, 0.4) is 0 Å². The predicted molar refractivity (Wildman–Crippen MR) is 108 cm³/mol. The van der Waals surface area contributed by atoms with Gasteiger partial charge in [0.15, 0.2) is 6.61 Å². The monoisotopic (exact) mass is 368 g/mol. The van der Waals surface area contributed by atoms with E-state index < -0.39 is 0 Å². The minimum Gasteiger partial charge on any atom is -0.483 e. The Hall–Kier alpha value is -2.82. The van der Waals surface area contributed by atoms with Gasteiger partial charge >= 0.3 is 0 Å². The molecule has 0 aromatic heterocycles. The van der Waals surface area contributed by atoms with Gasteiger partial charge in [-0.05, 0) is 34.7 Å². The van der Waals surface area contributed by atoms with Crippen LogP contribution in [0.4, 0.5) is 5.69 Å². The molecule has 0 unspecified atom stereocenters. The summed E-state index contributed by atoms with van der Waals surface area (Å²) in [6, 6.07) is 15.0. The summed E-state index contributed by atoms with van der Waals surface area (Å²) in [6.07, 6.45) is 0.341. The predicted octanol–water partition coefficient (Wildman–Crippen LogP) is 3.63. The maximum atomic E-state index is 12.2. The molecule has 2 aromatic rings. The average molecular weight is 368 g/mol. The van der Waals surface area contributed by atoms with E-state index in [1.807, 2.05) is 36.4 Å². The highest BCUT2D eigenvalue weighted by atomic mass is 16.5. The molecule has 0 bridgehead atoms. The van der Waals surface area contributed by atoms with E-state index in [1.54, 1.807) is 31.1 Å². The highest BCUT2D eigenvalue weighted by Crippen LogP contribution is 2.30. The van der Waals surface area contributed by atoms with E-state index in [0.29, 0.717) is 12.1 Å². The van der Waals surface area contributed by atoms with Crippen molar-refractivity contribution in [2.45, 2.75) is 32.6 Å². The number of carbonyl (C=O) groups excluding carboxylic acids is 2. The third kappa shape index (κ3) is 6.13. The van der Waals surface area contributed by atoms with Gasteiger partial charge in [-0.25, -0.2) is 0 Å². The lowest BCUT2D eigenvalue weighted by atomic mass is 9.86. The zero-order valence-corrected chi connectivity index (χ0v) is 16.7. The molecule has 2 rings (SSSR count). The first kappa shape index (κ1) is 20.5. The number of ether oxygens (including phenoxy) is 1. The lowest BCUT2D eigenvalue weighted by Crippen LogP contribution is -2.23. The van der Waals surface area contributed by atoms with E-state index in [9.17, 15) is 9.59 Å². The molecule has 5 heteroatoms. The van der Waals surface area contributed by atoms with Crippen LogP contribution < -0.4 is 10.1 Å². The van der Waals surface area contributed by atoms with E-state index in [1.165, 1.54) is 0 Å². The molecule has 0 spiro atoms. The van der Waals surface area contributed by atoms with Crippen molar-refractivity contribution in [2.24, 2.45) is 0 Å². The molecule has 0 radical (unpaired) electrons. The van der Waals surface area contributed by atoms with Crippen LogP contribution in [0.1, 0.15) is 31.9 Å². The number of amides is 2. The molecular formula is C22H28N2O3. The molecule has 0 saturated carbocycles. The lowest BCUT2D eigenvalue weighted by Gasteiger charge is -2.22. The number of nitrogens with zero attached hydrogens (tertiary/aromatic N) is 1. The standard InChI is InChI=1S/C22H28N2O3/c1-22(2,3)18-8-6-7-9-19(18)27-15-20(25)23-17-12-10-16(11-13-17)14-21(26)24(4)5/h6-13H,14-15H2,1-5H3,(H,23,25).